The van der Waals surface area contributed by atoms with Gasteiger partial charge in [0.1, 0.15) is 0 Å². The highest BCUT2D eigenvalue weighted by Crippen LogP contribution is 2.17. The van der Waals surface area contributed by atoms with E-state index in [0.717, 1.165) is 26.2 Å². The summed E-state index contributed by atoms with van der Waals surface area (Å²) in [6.45, 7) is 6.06. The zero-order valence-corrected chi connectivity index (χ0v) is 12.0. The van der Waals surface area contributed by atoms with E-state index in [1.807, 2.05) is 0 Å². The highest BCUT2D eigenvalue weighted by molar-refractivity contribution is 5.80. The molecule has 104 valence electrons. The van der Waals surface area contributed by atoms with Gasteiger partial charge in [0.05, 0.1) is 6.61 Å². The molecule has 1 aromatic heterocycles. The molecule has 0 saturated heterocycles. The van der Waals surface area contributed by atoms with E-state index < -0.39 is 0 Å². The van der Waals surface area contributed by atoms with Crippen LogP contribution in [-0.2, 0) is 11.3 Å². The third-order valence-electron chi connectivity index (χ3n) is 3.41. The maximum atomic E-state index is 5.00. The van der Waals surface area contributed by atoms with Crippen LogP contribution in [0.2, 0.25) is 0 Å². The molecule has 0 saturated carbocycles. The van der Waals surface area contributed by atoms with Crippen molar-refractivity contribution in [3.63, 3.8) is 0 Å². The lowest BCUT2D eigenvalue weighted by molar-refractivity contribution is 0.199. The summed E-state index contributed by atoms with van der Waals surface area (Å²) in [5, 5.41) is 4.72. The monoisotopic (exact) mass is 260 g/mol. The van der Waals surface area contributed by atoms with E-state index in [1.165, 1.54) is 29.3 Å². The van der Waals surface area contributed by atoms with Gasteiger partial charge in [0, 0.05) is 31.9 Å². The quantitative estimate of drug-likeness (QED) is 0.739. The molecule has 0 aliphatic heterocycles. The molecule has 0 bridgehead atoms. The number of nitrogens with zero attached hydrogens (tertiary/aromatic N) is 1. The molecule has 0 aliphatic rings. The molecule has 0 atom stereocenters. The van der Waals surface area contributed by atoms with Gasteiger partial charge in [0.25, 0.3) is 0 Å². The second-order valence-electron chi connectivity index (χ2n) is 5.02. The van der Waals surface area contributed by atoms with Crippen LogP contribution in [0.15, 0.2) is 30.5 Å². The number of hydrogen-bond donors (Lipinski definition) is 1. The van der Waals surface area contributed by atoms with Gasteiger partial charge in [-0.1, -0.05) is 12.1 Å². The van der Waals surface area contributed by atoms with Crippen LogP contribution in [0.1, 0.15) is 18.4 Å². The summed E-state index contributed by atoms with van der Waals surface area (Å²) in [6.07, 6.45) is 4.61. The van der Waals surface area contributed by atoms with Crippen LogP contribution in [0.4, 0.5) is 0 Å². The van der Waals surface area contributed by atoms with Crippen molar-refractivity contribution in [2.45, 2.75) is 26.3 Å². The van der Waals surface area contributed by atoms with Gasteiger partial charge in [-0.25, -0.2) is 0 Å². The lowest BCUT2D eigenvalue weighted by atomic mass is 10.2. The fourth-order valence-corrected chi connectivity index (χ4v) is 2.32. The number of hydrogen-bond acceptors (Lipinski definition) is 2. The van der Waals surface area contributed by atoms with Gasteiger partial charge in [-0.2, -0.15) is 0 Å². The van der Waals surface area contributed by atoms with Gasteiger partial charge in [-0.3, -0.25) is 0 Å². The zero-order chi connectivity index (χ0) is 13.5. The first-order valence-electron chi connectivity index (χ1n) is 7.06. The lowest BCUT2D eigenvalue weighted by Gasteiger charge is -2.07. The summed E-state index contributed by atoms with van der Waals surface area (Å²) >= 11 is 0. The van der Waals surface area contributed by atoms with Crippen LogP contribution < -0.4 is 5.32 Å². The Hall–Kier alpha value is -1.32. The smallest absolute Gasteiger partial charge is 0.0587 e. The molecule has 2 aromatic rings. The van der Waals surface area contributed by atoms with Crippen molar-refractivity contribution in [2.75, 3.05) is 26.8 Å². The molecule has 0 aliphatic carbocycles. The Bertz CT molecular complexity index is 504. The maximum absolute atomic E-state index is 5.00. The number of aryl methyl sites for hydroxylation is 2. The maximum Gasteiger partial charge on any atom is 0.0587 e. The number of rotatable bonds is 8. The zero-order valence-electron chi connectivity index (χ0n) is 12.0. The second kappa shape index (κ2) is 7.31. The molecule has 1 aromatic carbocycles. The van der Waals surface area contributed by atoms with Crippen LogP contribution in [-0.4, -0.2) is 31.4 Å². The predicted octanol–water partition coefficient (Wildman–Crippen LogP) is 2.97. The highest BCUT2D eigenvalue weighted by Gasteiger charge is 2.00. The topological polar surface area (TPSA) is 26.2 Å². The Balaban J connectivity index is 1.77. The third kappa shape index (κ3) is 4.08. The van der Waals surface area contributed by atoms with Crippen molar-refractivity contribution < 1.29 is 4.74 Å². The van der Waals surface area contributed by atoms with Gasteiger partial charge in [0.15, 0.2) is 0 Å². The lowest BCUT2D eigenvalue weighted by Crippen LogP contribution is -2.20. The normalized spacial score (nSPS) is 11.3. The van der Waals surface area contributed by atoms with Crippen molar-refractivity contribution in [3.05, 3.63) is 36.0 Å². The Morgan fingerprint density at radius 2 is 2.05 bits per heavy atom. The molecule has 3 nitrogen and oxygen atoms in total. The summed E-state index contributed by atoms with van der Waals surface area (Å²) in [6, 6.07) is 8.84. The number of nitrogens with one attached hydrogen (secondary N) is 1. The molecule has 0 radical (unpaired) electrons. The molecular formula is C16H24N2O. The molecule has 2 rings (SSSR count). The molecule has 3 heteroatoms. The first-order chi connectivity index (χ1) is 9.31. The first kappa shape index (κ1) is 14.1. The Morgan fingerprint density at radius 3 is 2.89 bits per heavy atom. The largest absolute Gasteiger partial charge is 0.383 e. The van der Waals surface area contributed by atoms with E-state index in [-0.39, 0.29) is 0 Å². The number of aromatic nitrogens is 1. The van der Waals surface area contributed by atoms with Gasteiger partial charge >= 0.3 is 0 Å². The summed E-state index contributed by atoms with van der Waals surface area (Å²) in [5.74, 6) is 0. The standard InChI is InChI=1S/C16H24N2O/c1-14-5-6-15-7-11-18(16(15)13-14)10-4-3-8-17-9-12-19-2/h5-7,11,13,17H,3-4,8-10,12H2,1-2H3. The minimum absolute atomic E-state index is 0.793. The number of ether oxygens (including phenoxy) is 1. The number of unbranched alkanes of at least 4 members (excludes halogenated alkanes) is 1. The fourth-order valence-electron chi connectivity index (χ4n) is 2.32. The third-order valence-corrected chi connectivity index (χ3v) is 3.41. The van der Waals surface area contributed by atoms with Gasteiger partial charge in [0.2, 0.25) is 0 Å². The molecule has 1 heterocycles. The average molecular weight is 260 g/mol. The van der Waals surface area contributed by atoms with Crippen molar-refractivity contribution in [2.24, 2.45) is 0 Å². The fraction of sp³-hybridized carbons (Fsp3) is 0.500. The van der Waals surface area contributed by atoms with E-state index in [0.29, 0.717) is 0 Å². The SMILES string of the molecule is COCCNCCCCn1ccc2ccc(C)cc21. The van der Waals surface area contributed by atoms with Gasteiger partial charge in [-0.05, 0) is 49.4 Å². The van der Waals surface area contributed by atoms with Crippen LogP contribution in [0, 0.1) is 6.92 Å². The van der Waals surface area contributed by atoms with Crippen molar-refractivity contribution in [1.82, 2.24) is 9.88 Å². The van der Waals surface area contributed by atoms with Crippen LogP contribution in [0.3, 0.4) is 0 Å². The Morgan fingerprint density at radius 1 is 1.16 bits per heavy atom. The molecule has 1 N–H and O–H groups in total. The molecule has 0 amide bonds. The second-order valence-corrected chi connectivity index (χ2v) is 5.02. The molecular weight excluding hydrogens is 236 g/mol. The minimum atomic E-state index is 0.793. The number of benzene rings is 1. The van der Waals surface area contributed by atoms with Crippen molar-refractivity contribution >= 4 is 10.9 Å². The number of methoxy groups -OCH3 is 1. The summed E-state index contributed by atoms with van der Waals surface area (Å²) in [7, 11) is 1.74. The summed E-state index contributed by atoms with van der Waals surface area (Å²) in [5.41, 5.74) is 2.68. The average Bonchev–Trinajstić information content (AvgIpc) is 2.80. The van der Waals surface area contributed by atoms with E-state index in [4.69, 9.17) is 4.74 Å². The minimum Gasteiger partial charge on any atom is -0.383 e. The molecule has 19 heavy (non-hydrogen) atoms. The molecule has 0 spiro atoms. The van der Waals surface area contributed by atoms with E-state index in [1.54, 1.807) is 7.11 Å². The number of fused-ring (bicyclic) bond motifs is 1. The molecule has 0 fully saturated rings. The van der Waals surface area contributed by atoms with Crippen LogP contribution in [0.5, 0.6) is 0 Å². The van der Waals surface area contributed by atoms with Crippen molar-refractivity contribution in [3.8, 4) is 0 Å². The van der Waals surface area contributed by atoms with E-state index in [2.05, 4.69) is 47.3 Å². The summed E-state index contributed by atoms with van der Waals surface area (Å²) in [4.78, 5) is 0. The van der Waals surface area contributed by atoms with Crippen LogP contribution >= 0.6 is 0 Å². The van der Waals surface area contributed by atoms with Gasteiger partial charge in [-0.15, -0.1) is 0 Å². The van der Waals surface area contributed by atoms with Crippen LogP contribution in [0.25, 0.3) is 10.9 Å². The Kier molecular flexibility index (Phi) is 5.43. The highest BCUT2D eigenvalue weighted by atomic mass is 16.5. The molecule has 0 unspecified atom stereocenters. The first-order valence-corrected chi connectivity index (χ1v) is 7.06. The van der Waals surface area contributed by atoms with E-state index in [9.17, 15) is 0 Å². The van der Waals surface area contributed by atoms with Crippen molar-refractivity contribution in [1.29, 1.82) is 0 Å². The Labute approximate surface area is 115 Å². The summed E-state index contributed by atoms with van der Waals surface area (Å²) < 4.78 is 7.36. The van der Waals surface area contributed by atoms with E-state index >= 15 is 0 Å². The van der Waals surface area contributed by atoms with Gasteiger partial charge < -0.3 is 14.6 Å². The predicted molar refractivity (Wildman–Crippen MR) is 80.7 cm³/mol.